The number of thiophene rings is 1. The van der Waals surface area contributed by atoms with E-state index in [1.807, 2.05) is 11.3 Å². The van der Waals surface area contributed by atoms with Crippen molar-refractivity contribution in [2.24, 2.45) is 5.92 Å². The Morgan fingerprint density at radius 2 is 2.20 bits per heavy atom. The van der Waals surface area contributed by atoms with Crippen LogP contribution in [-0.2, 0) is 25.9 Å². The molecule has 1 fully saturated rings. The molecule has 2 atom stereocenters. The Morgan fingerprint density at radius 1 is 1.30 bits per heavy atom. The van der Waals surface area contributed by atoms with Gasteiger partial charge in [-0.3, -0.25) is 0 Å². The maximum Gasteiger partial charge on any atom is 0.117 e. The molecule has 0 aliphatic heterocycles. The highest BCUT2D eigenvalue weighted by atomic mass is 32.1. The molecule has 20 heavy (non-hydrogen) atoms. The average molecular weight is 287 g/mol. The van der Waals surface area contributed by atoms with Gasteiger partial charge in [0.2, 0.25) is 0 Å². The summed E-state index contributed by atoms with van der Waals surface area (Å²) in [4.78, 5) is 3.09. The van der Waals surface area contributed by atoms with Crippen LogP contribution in [0.15, 0.2) is 22.6 Å². The summed E-state index contributed by atoms with van der Waals surface area (Å²) in [5.74, 6) is 3.76. The van der Waals surface area contributed by atoms with Crippen molar-refractivity contribution in [3.63, 3.8) is 0 Å². The van der Waals surface area contributed by atoms with Crippen LogP contribution in [0.4, 0.5) is 0 Å². The quantitative estimate of drug-likeness (QED) is 0.889. The van der Waals surface area contributed by atoms with Crippen molar-refractivity contribution in [3.8, 4) is 0 Å². The van der Waals surface area contributed by atoms with Gasteiger partial charge in [0.1, 0.15) is 11.5 Å². The third-order valence-electron chi connectivity index (χ3n) is 4.55. The first-order valence-electron chi connectivity index (χ1n) is 7.69. The monoisotopic (exact) mass is 287 g/mol. The first-order valence-corrected chi connectivity index (χ1v) is 8.51. The summed E-state index contributed by atoms with van der Waals surface area (Å²) in [6, 6.07) is 6.67. The van der Waals surface area contributed by atoms with Crippen molar-refractivity contribution < 1.29 is 4.42 Å². The summed E-state index contributed by atoms with van der Waals surface area (Å²) < 4.78 is 5.92. The minimum absolute atomic E-state index is 0.684. The lowest BCUT2D eigenvalue weighted by atomic mass is 10.2. The normalized spacial score (nSPS) is 24.1. The van der Waals surface area contributed by atoms with Crippen molar-refractivity contribution >= 4 is 11.3 Å². The topological polar surface area (TPSA) is 25.2 Å². The number of hydrogen-bond acceptors (Lipinski definition) is 3. The van der Waals surface area contributed by atoms with E-state index in [9.17, 15) is 0 Å². The van der Waals surface area contributed by atoms with Gasteiger partial charge in [-0.25, -0.2) is 0 Å². The van der Waals surface area contributed by atoms with E-state index in [0.29, 0.717) is 5.92 Å². The Kier molecular flexibility index (Phi) is 3.20. The number of rotatable bonds is 5. The van der Waals surface area contributed by atoms with E-state index in [0.717, 1.165) is 24.8 Å². The SMILES string of the molecule is CC1CC1c1ccc(CNCc2cc3c(s2)CCC3)o1. The summed E-state index contributed by atoms with van der Waals surface area (Å²) in [5.41, 5.74) is 1.59. The molecule has 2 nitrogen and oxygen atoms in total. The van der Waals surface area contributed by atoms with E-state index in [-0.39, 0.29) is 0 Å². The molecule has 0 spiro atoms. The Hall–Kier alpha value is -1.06. The molecule has 1 N–H and O–H groups in total. The third kappa shape index (κ3) is 2.45. The highest BCUT2D eigenvalue weighted by molar-refractivity contribution is 7.12. The number of fused-ring (bicyclic) bond motifs is 1. The zero-order chi connectivity index (χ0) is 13.5. The molecule has 106 valence electrons. The number of nitrogens with one attached hydrogen (secondary N) is 1. The van der Waals surface area contributed by atoms with Crippen LogP contribution in [0.25, 0.3) is 0 Å². The Labute approximate surface area is 124 Å². The van der Waals surface area contributed by atoms with Gasteiger partial charge in [-0.1, -0.05) is 6.92 Å². The fourth-order valence-electron chi connectivity index (χ4n) is 3.19. The fourth-order valence-corrected chi connectivity index (χ4v) is 4.42. The minimum Gasteiger partial charge on any atom is -0.464 e. The highest BCUT2D eigenvalue weighted by Crippen LogP contribution is 2.47. The minimum atomic E-state index is 0.684. The summed E-state index contributed by atoms with van der Waals surface area (Å²) in [6.07, 6.45) is 5.22. The molecule has 0 aromatic carbocycles. The molecule has 0 radical (unpaired) electrons. The Morgan fingerprint density at radius 3 is 3.00 bits per heavy atom. The van der Waals surface area contributed by atoms with E-state index in [1.54, 1.807) is 10.4 Å². The van der Waals surface area contributed by atoms with Gasteiger partial charge >= 0.3 is 0 Å². The van der Waals surface area contributed by atoms with Gasteiger partial charge < -0.3 is 9.73 Å². The molecule has 0 bridgehead atoms. The van der Waals surface area contributed by atoms with Crippen molar-refractivity contribution in [2.75, 3.05) is 0 Å². The van der Waals surface area contributed by atoms with E-state index in [4.69, 9.17) is 4.42 Å². The van der Waals surface area contributed by atoms with Crippen molar-refractivity contribution in [1.29, 1.82) is 0 Å². The van der Waals surface area contributed by atoms with Crippen LogP contribution in [-0.4, -0.2) is 0 Å². The van der Waals surface area contributed by atoms with E-state index >= 15 is 0 Å². The standard InChI is InChI=1S/C17H21NOS/c1-11-7-15(11)16-6-5-13(19-16)9-18-10-14-8-12-3-2-4-17(12)20-14/h5-6,8,11,15,18H,2-4,7,9-10H2,1H3. The molecule has 2 heterocycles. The van der Waals surface area contributed by atoms with Crippen molar-refractivity contribution in [2.45, 2.75) is 51.6 Å². The fraction of sp³-hybridized carbons (Fsp3) is 0.529. The summed E-state index contributed by atoms with van der Waals surface area (Å²) >= 11 is 1.98. The smallest absolute Gasteiger partial charge is 0.117 e. The third-order valence-corrected chi connectivity index (χ3v) is 5.79. The first kappa shape index (κ1) is 12.7. The lowest BCUT2D eigenvalue weighted by Gasteiger charge is -2.00. The summed E-state index contributed by atoms with van der Waals surface area (Å²) in [5, 5.41) is 3.51. The van der Waals surface area contributed by atoms with Gasteiger partial charge in [0.05, 0.1) is 6.54 Å². The van der Waals surface area contributed by atoms with Crippen LogP contribution in [0.3, 0.4) is 0 Å². The number of hydrogen-bond donors (Lipinski definition) is 1. The van der Waals surface area contributed by atoms with Crippen LogP contribution in [0.2, 0.25) is 0 Å². The maximum absolute atomic E-state index is 5.92. The lowest BCUT2D eigenvalue weighted by molar-refractivity contribution is 0.444. The zero-order valence-corrected chi connectivity index (χ0v) is 12.8. The predicted molar refractivity (Wildman–Crippen MR) is 82.1 cm³/mol. The molecular weight excluding hydrogens is 266 g/mol. The van der Waals surface area contributed by atoms with E-state index in [1.165, 1.54) is 36.3 Å². The van der Waals surface area contributed by atoms with Crippen molar-refractivity contribution in [3.05, 3.63) is 45.0 Å². The molecule has 1 saturated carbocycles. The zero-order valence-electron chi connectivity index (χ0n) is 11.9. The van der Waals surface area contributed by atoms with Crippen LogP contribution in [0.1, 0.15) is 52.5 Å². The average Bonchev–Trinajstić information content (AvgIpc) is 2.86. The molecule has 4 rings (SSSR count). The van der Waals surface area contributed by atoms with Gasteiger partial charge in [-0.15, -0.1) is 11.3 Å². The molecule has 2 aliphatic carbocycles. The molecule has 2 unspecified atom stereocenters. The second-order valence-corrected chi connectivity index (χ2v) is 7.46. The summed E-state index contributed by atoms with van der Waals surface area (Å²) in [6.45, 7) is 4.10. The predicted octanol–water partition coefficient (Wildman–Crippen LogP) is 4.24. The molecule has 2 aliphatic rings. The Bertz CT molecular complexity index is 591. The second-order valence-electron chi connectivity index (χ2n) is 6.24. The van der Waals surface area contributed by atoms with Crippen LogP contribution in [0.5, 0.6) is 0 Å². The van der Waals surface area contributed by atoms with E-state index in [2.05, 4.69) is 30.4 Å². The highest BCUT2D eigenvalue weighted by Gasteiger charge is 2.36. The molecule has 2 aromatic rings. The van der Waals surface area contributed by atoms with E-state index < -0.39 is 0 Å². The molecule has 0 saturated heterocycles. The second kappa shape index (κ2) is 5.05. The molecular formula is C17H21NOS. The molecule has 0 amide bonds. The maximum atomic E-state index is 5.92. The molecule has 2 aromatic heterocycles. The van der Waals surface area contributed by atoms with Crippen LogP contribution >= 0.6 is 11.3 Å². The molecule has 3 heteroatoms. The lowest BCUT2D eigenvalue weighted by Crippen LogP contribution is -2.11. The first-order chi connectivity index (χ1) is 9.79. The largest absolute Gasteiger partial charge is 0.464 e. The summed E-state index contributed by atoms with van der Waals surface area (Å²) in [7, 11) is 0. The van der Waals surface area contributed by atoms with Gasteiger partial charge in [-0.2, -0.15) is 0 Å². The van der Waals surface area contributed by atoms with Gasteiger partial charge in [0.25, 0.3) is 0 Å². The van der Waals surface area contributed by atoms with Crippen molar-refractivity contribution in [1.82, 2.24) is 5.32 Å². The van der Waals surface area contributed by atoms with Gasteiger partial charge in [0, 0.05) is 22.2 Å². The Balaban J connectivity index is 1.30. The number of aryl methyl sites for hydroxylation is 2. The number of furan rings is 1. The van der Waals surface area contributed by atoms with Crippen LogP contribution < -0.4 is 5.32 Å². The van der Waals surface area contributed by atoms with Gasteiger partial charge in [0.15, 0.2) is 0 Å². The van der Waals surface area contributed by atoms with Gasteiger partial charge in [-0.05, 0) is 55.4 Å². The van der Waals surface area contributed by atoms with Crippen LogP contribution in [0, 0.1) is 5.92 Å².